The lowest BCUT2D eigenvalue weighted by molar-refractivity contribution is -0.137. The Labute approximate surface area is 93.5 Å². The number of carboxylic acid groups (broad SMARTS) is 1. The van der Waals surface area contributed by atoms with Gasteiger partial charge in [-0.05, 0) is 24.6 Å². The zero-order valence-electron chi connectivity index (χ0n) is 9.23. The molecular formula is C11H15NO4. The van der Waals surface area contributed by atoms with Crippen LogP contribution in [0.25, 0.3) is 0 Å². The van der Waals surface area contributed by atoms with Crippen molar-refractivity contribution in [2.24, 2.45) is 5.73 Å². The Morgan fingerprint density at radius 2 is 2.19 bits per heavy atom. The number of carboxylic acids is 1. The van der Waals surface area contributed by atoms with E-state index in [2.05, 4.69) is 0 Å². The number of phenols is 1. The summed E-state index contributed by atoms with van der Waals surface area (Å²) in [6, 6.07) is 2.33. The maximum absolute atomic E-state index is 10.5. The fourth-order valence-corrected chi connectivity index (χ4v) is 1.50. The van der Waals surface area contributed by atoms with E-state index in [4.69, 9.17) is 15.6 Å². The number of methoxy groups -OCH3 is 1. The molecule has 0 aliphatic rings. The number of carbonyl (C=O) groups is 1. The third-order valence-electron chi connectivity index (χ3n) is 2.34. The fourth-order valence-electron chi connectivity index (χ4n) is 1.50. The molecule has 1 atom stereocenters. The van der Waals surface area contributed by atoms with Crippen LogP contribution in [0.15, 0.2) is 12.1 Å². The molecule has 0 heterocycles. The Balaban J connectivity index is 3.08. The third kappa shape index (κ3) is 2.64. The minimum atomic E-state index is -1.01. The summed E-state index contributed by atoms with van der Waals surface area (Å²) in [7, 11) is 1.51. The van der Waals surface area contributed by atoms with Crippen molar-refractivity contribution in [3.05, 3.63) is 23.3 Å². The Morgan fingerprint density at radius 1 is 1.56 bits per heavy atom. The lowest BCUT2D eigenvalue weighted by Crippen LogP contribution is -2.15. The van der Waals surface area contributed by atoms with Gasteiger partial charge in [0.2, 0.25) is 0 Å². The van der Waals surface area contributed by atoms with Crippen molar-refractivity contribution in [3.63, 3.8) is 0 Å². The lowest BCUT2D eigenvalue weighted by Gasteiger charge is -2.14. The summed E-state index contributed by atoms with van der Waals surface area (Å²) in [6.07, 6.45) is -0.236. The van der Waals surface area contributed by atoms with Crippen LogP contribution in [-0.2, 0) is 4.79 Å². The zero-order valence-corrected chi connectivity index (χ0v) is 9.23. The van der Waals surface area contributed by atoms with Crippen molar-refractivity contribution in [2.75, 3.05) is 7.11 Å². The molecule has 4 N–H and O–H groups in total. The van der Waals surface area contributed by atoms with E-state index in [0.717, 1.165) is 5.56 Å². The van der Waals surface area contributed by atoms with Crippen LogP contribution in [0, 0.1) is 6.92 Å². The molecule has 1 unspecified atom stereocenters. The molecule has 5 heteroatoms. The molecule has 5 nitrogen and oxygen atoms in total. The molecule has 0 fully saturated rings. The minimum absolute atomic E-state index is 0.00736. The van der Waals surface area contributed by atoms with Gasteiger partial charge in [-0.3, -0.25) is 4.79 Å². The molecular weight excluding hydrogens is 210 g/mol. The van der Waals surface area contributed by atoms with E-state index < -0.39 is 12.0 Å². The second kappa shape index (κ2) is 4.85. The molecule has 0 spiro atoms. The SMILES string of the molecule is COc1cc(C(N)CC(=O)O)c(O)cc1C. The Bertz CT molecular complexity index is 403. The molecule has 0 radical (unpaired) electrons. The number of ether oxygens (including phenoxy) is 1. The van der Waals surface area contributed by atoms with E-state index in [1.54, 1.807) is 13.0 Å². The van der Waals surface area contributed by atoms with Gasteiger partial charge in [0, 0.05) is 11.6 Å². The summed E-state index contributed by atoms with van der Waals surface area (Å²) in [5.41, 5.74) is 6.82. The van der Waals surface area contributed by atoms with E-state index in [1.807, 2.05) is 0 Å². The number of hydrogen-bond acceptors (Lipinski definition) is 4. The first kappa shape index (κ1) is 12.3. The van der Waals surface area contributed by atoms with Gasteiger partial charge >= 0.3 is 5.97 Å². The molecule has 0 aliphatic heterocycles. The number of phenolic OH excluding ortho intramolecular Hbond substituents is 1. The van der Waals surface area contributed by atoms with E-state index in [9.17, 15) is 9.90 Å². The van der Waals surface area contributed by atoms with Crippen molar-refractivity contribution in [1.29, 1.82) is 0 Å². The maximum atomic E-state index is 10.5. The first-order chi connectivity index (χ1) is 7.45. The molecule has 0 amide bonds. The standard InChI is InChI=1S/C11H15NO4/c1-6-3-9(13)7(4-10(6)16-2)8(12)5-11(14)15/h3-4,8,13H,5,12H2,1-2H3,(H,14,15). The van der Waals surface area contributed by atoms with Gasteiger partial charge in [0.1, 0.15) is 11.5 Å². The van der Waals surface area contributed by atoms with Crippen LogP contribution in [0.2, 0.25) is 0 Å². The maximum Gasteiger partial charge on any atom is 0.305 e. The molecule has 0 aliphatic carbocycles. The van der Waals surface area contributed by atoms with E-state index in [-0.39, 0.29) is 12.2 Å². The van der Waals surface area contributed by atoms with Gasteiger partial charge < -0.3 is 20.7 Å². The summed E-state index contributed by atoms with van der Waals surface area (Å²) in [5.74, 6) is -0.438. The summed E-state index contributed by atoms with van der Waals surface area (Å²) in [4.78, 5) is 10.5. The molecule has 0 saturated carbocycles. The van der Waals surface area contributed by atoms with Crippen LogP contribution < -0.4 is 10.5 Å². The molecule has 1 aromatic carbocycles. The molecule has 1 rings (SSSR count). The predicted molar refractivity (Wildman–Crippen MR) is 58.6 cm³/mol. The van der Waals surface area contributed by atoms with Gasteiger partial charge in [-0.2, -0.15) is 0 Å². The van der Waals surface area contributed by atoms with E-state index >= 15 is 0 Å². The van der Waals surface area contributed by atoms with Crippen molar-refractivity contribution in [1.82, 2.24) is 0 Å². The van der Waals surface area contributed by atoms with Crippen LogP contribution in [-0.4, -0.2) is 23.3 Å². The second-order valence-electron chi connectivity index (χ2n) is 3.59. The Morgan fingerprint density at radius 3 is 2.69 bits per heavy atom. The van der Waals surface area contributed by atoms with Gasteiger partial charge in [0.25, 0.3) is 0 Å². The van der Waals surface area contributed by atoms with Crippen LogP contribution in [0.3, 0.4) is 0 Å². The predicted octanol–water partition coefficient (Wildman–Crippen LogP) is 1.18. The quantitative estimate of drug-likeness (QED) is 0.715. The van der Waals surface area contributed by atoms with Crippen LogP contribution in [0.4, 0.5) is 0 Å². The number of aromatic hydroxyl groups is 1. The highest BCUT2D eigenvalue weighted by molar-refractivity contribution is 5.68. The van der Waals surface area contributed by atoms with Gasteiger partial charge in [-0.25, -0.2) is 0 Å². The number of hydrogen-bond donors (Lipinski definition) is 3. The van der Waals surface area contributed by atoms with Gasteiger partial charge in [0.05, 0.1) is 13.5 Å². The Hall–Kier alpha value is -1.75. The minimum Gasteiger partial charge on any atom is -0.508 e. The summed E-state index contributed by atoms with van der Waals surface area (Å²) in [6.45, 7) is 1.78. The van der Waals surface area contributed by atoms with Crippen LogP contribution >= 0.6 is 0 Å². The van der Waals surface area contributed by atoms with Crippen LogP contribution in [0.5, 0.6) is 11.5 Å². The van der Waals surface area contributed by atoms with Crippen LogP contribution in [0.1, 0.15) is 23.6 Å². The van der Waals surface area contributed by atoms with Crippen molar-refractivity contribution in [2.45, 2.75) is 19.4 Å². The highest BCUT2D eigenvalue weighted by Gasteiger charge is 2.16. The van der Waals surface area contributed by atoms with E-state index in [1.165, 1.54) is 13.2 Å². The fraction of sp³-hybridized carbons (Fsp3) is 0.364. The van der Waals surface area contributed by atoms with Crippen molar-refractivity contribution < 1.29 is 19.7 Å². The number of nitrogens with two attached hydrogens (primary N) is 1. The van der Waals surface area contributed by atoms with Gasteiger partial charge in [-0.1, -0.05) is 0 Å². The van der Waals surface area contributed by atoms with Gasteiger partial charge in [0.15, 0.2) is 0 Å². The smallest absolute Gasteiger partial charge is 0.305 e. The Kier molecular flexibility index (Phi) is 3.73. The number of aryl methyl sites for hydroxylation is 1. The molecule has 0 saturated heterocycles. The normalized spacial score (nSPS) is 12.2. The molecule has 88 valence electrons. The summed E-state index contributed by atoms with van der Waals surface area (Å²) in [5, 5.41) is 18.3. The number of benzene rings is 1. The topological polar surface area (TPSA) is 92.8 Å². The molecule has 1 aromatic rings. The highest BCUT2D eigenvalue weighted by atomic mass is 16.5. The number of aliphatic carboxylic acids is 1. The highest BCUT2D eigenvalue weighted by Crippen LogP contribution is 2.31. The molecule has 0 bridgehead atoms. The first-order valence-electron chi connectivity index (χ1n) is 4.80. The van der Waals surface area contributed by atoms with Crippen molar-refractivity contribution >= 4 is 5.97 Å². The number of rotatable bonds is 4. The monoisotopic (exact) mass is 225 g/mol. The van der Waals surface area contributed by atoms with Crippen molar-refractivity contribution in [3.8, 4) is 11.5 Å². The molecule has 16 heavy (non-hydrogen) atoms. The largest absolute Gasteiger partial charge is 0.508 e. The van der Waals surface area contributed by atoms with E-state index in [0.29, 0.717) is 11.3 Å². The third-order valence-corrected chi connectivity index (χ3v) is 2.34. The zero-order chi connectivity index (χ0) is 12.3. The van der Waals surface area contributed by atoms with Gasteiger partial charge in [-0.15, -0.1) is 0 Å². The first-order valence-corrected chi connectivity index (χ1v) is 4.80. The summed E-state index contributed by atoms with van der Waals surface area (Å²) >= 11 is 0. The average Bonchev–Trinajstić information content (AvgIpc) is 2.16. The second-order valence-corrected chi connectivity index (χ2v) is 3.59. The average molecular weight is 225 g/mol. The lowest BCUT2D eigenvalue weighted by atomic mass is 10.0. The molecule has 0 aromatic heterocycles. The summed E-state index contributed by atoms with van der Waals surface area (Å²) < 4.78 is 5.08.